The van der Waals surface area contributed by atoms with Crippen LogP contribution in [0.15, 0.2) is 114 Å². The number of nitrogens with zero attached hydrogens (tertiary/aromatic N) is 1. The van der Waals surface area contributed by atoms with Crippen molar-refractivity contribution in [1.29, 1.82) is 0 Å². The van der Waals surface area contributed by atoms with Crippen molar-refractivity contribution in [2.24, 2.45) is 11.8 Å². The summed E-state index contributed by atoms with van der Waals surface area (Å²) in [6, 6.07) is 31.6. The first kappa shape index (κ1) is 44.8. The molecule has 0 aliphatic carbocycles. The summed E-state index contributed by atoms with van der Waals surface area (Å²) in [5, 5.41) is 12.5. The average Bonchev–Trinajstić information content (AvgIpc) is 3.55. The second-order valence-electron chi connectivity index (χ2n) is 14.9. The number of rotatable bonds is 22. The van der Waals surface area contributed by atoms with Crippen molar-refractivity contribution < 1.29 is 46.1 Å². The monoisotopic (exact) mass is 837 g/mol. The van der Waals surface area contributed by atoms with Crippen LogP contribution in [-0.4, -0.2) is 74.8 Å². The van der Waals surface area contributed by atoms with E-state index in [0.29, 0.717) is 24.3 Å². The Morgan fingerprint density at radius 3 is 2.16 bits per heavy atom. The fraction of sp³-hybridized carbons (Fsp3) is 0.419. The van der Waals surface area contributed by atoms with Gasteiger partial charge < -0.3 is 39.4 Å². The molecule has 1 saturated heterocycles. The van der Waals surface area contributed by atoms with Crippen LogP contribution in [0.4, 0.5) is 10.5 Å². The van der Waals surface area contributed by atoms with Gasteiger partial charge in [-0.15, -0.1) is 0 Å². The molecular formula is C43H56N3O10PS. The molecule has 1 aliphatic heterocycles. The molecular weight excluding hydrogens is 782 g/mol. The topological polar surface area (TPSA) is 176 Å². The zero-order valence-corrected chi connectivity index (χ0v) is 35.1. The largest absolute Gasteiger partial charge is 0.481 e. The van der Waals surface area contributed by atoms with Crippen LogP contribution in [-0.2, 0) is 52.7 Å². The maximum atomic E-state index is 13.9. The van der Waals surface area contributed by atoms with Crippen LogP contribution in [0.25, 0.3) is 0 Å². The lowest BCUT2D eigenvalue weighted by Gasteiger charge is -2.27. The van der Waals surface area contributed by atoms with Crippen molar-refractivity contribution in [2.45, 2.75) is 76.4 Å². The quantitative estimate of drug-likeness (QED) is 0.0532. The minimum Gasteiger partial charge on any atom is -0.481 e. The Morgan fingerprint density at radius 1 is 0.931 bits per heavy atom. The van der Waals surface area contributed by atoms with E-state index < -0.39 is 35.9 Å². The van der Waals surface area contributed by atoms with E-state index in [9.17, 15) is 22.9 Å². The van der Waals surface area contributed by atoms with Gasteiger partial charge in [0.2, 0.25) is 10.0 Å². The van der Waals surface area contributed by atoms with Crippen molar-refractivity contribution >= 4 is 29.4 Å². The van der Waals surface area contributed by atoms with Crippen LogP contribution in [0.1, 0.15) is 50.3 Å². The Labute approximate surface area is 342 Å². The molecule has 0 bridgehead atoms. The Hall–Kier alpha value is -4.27. The normalized spacial score (nSPS) is 17.7. The van der Waals surface area contributed by atoms with E-state index in [-0.39, 0.29) is 75.1 Å². The molecule has 0 aromatic heterocycles. The second-order valence-corrected chi connectivity index (χ2v) is 18.8. The molecule has 1 aliphatic rings. The maximum Gasteiger partial charge on any atom is 0.407 e. The van der Waals surface area contributed by atoms with Crippen LogP contribution in [0.3, 0.4) is 0 Å². The average molecular weight is 838 g/mol. The molecule has 4 aromatic rings. The predicted octanol–water partition coefficient (Wildman–Crippen LogP) is 7.39. The molecule has 314 valence electrons. The first-order chi connectivity index (χ1) is 27.8. The van der Waals surface area contributed by atoms with Crippen molar-refractivity contribution in [3.8, 4) is 5.75 Å². The molecule has 0 unspecified atom stereocenters. The lowest BCUT2D eigenvalue weighted by atomic mass is 9.96. The number of sulfonamides is 1. The van der Waals surface area contributed by atoms with E-state index in [4.69, 9.17) is 29.0 Å². The highest BCUT2D eigenvalue weighted by Gasteiger charge is 2.37. The van der Waals surface area contributed by atoms with E-state index in [1.807, 2.05) is 93.6 Å². The highest BCUT2D eigenvalue weighted by Crippen LogP contribution is 2.49. The zero-order valence-electron chi connectivity index (χ0n) is 33.4. The van der Waals surface area contributed by atoms with Gasteiger partial charge in [0.1, 0.15) is 11.9 Å². The number of nitrogens with one attached hydrogen (secondary N) is 1. The minimum atomic E-state index is -3.91. The Bertz CT molecular complexity index is 1980. The summed E-state index contributed by atoms with van der Waals surface area (Å²) in [6.45, 7) is 6.45. The summed E-state index contributed by atoms with van der Waals surface area (Å²) in [6.07, 6.45) is -0.675. The third kappa shape index (κ3) is 13.7. The molecule has 5 rings (SSSR count). The predicted molar refractivity (Wildman–Crippen MR) is 223 cm³/mol. The van der Waals surface area contributed by atoms with Crippen LogP contribution >= 0.6 is 7.60 Å². The number of aliphatic hydroxyl groups is 1. The fourth-order valence-electron chi connectivity index (χ4n) is 6.66. The number of benzene rings is 4. The molecule has 15 heteroatoms. The van der Waals surface area contributed by atoms with Crippen LogP contribution in [0, 0.1) is 11.8 Å². The van der Waals surface area contributed by atoms with Gasteiger partial charge in [-0.2, -0.15) is 4.31 Å². The third-order valence-electron chi connectivity index (χ3n) is 9.77. The molecule has 1 heterocycles. The van der Waals surface area contributed by atoms with E-state index in [2.05, 4.69) is 5.32 Å². The van der Waals surface area contributed by atoms with Gasteiger partial charge >= 0.3 is 13.7 Å². The Balaban J connectivity index is 1.29. The van der Waals surface area contributed by atoms with Crippen molar-refractivity contribution in [3.05, 3.63) is 126 Å². The maximum absolute atomic E-state index is 13.9. The number of hydrogen-bond acceptors (Lipinski definition) is 11. The number of hydrogen-bond donors (Lipinski definition) is 3. The molecule has 1 amide bonds. The van der Waals surface area contributed by atoms with Gasteiger partial charge in [-0.05, 0) is 79.1 Å². The minimum absolute atomic E-state index is 0.0235. The first-order valence-corrected chi connectivity index (χ1v) is 22.7. The van der Waals surface area contributed by atoms with Gasteiger partial charge in [0.05, 0.1) is 30.8 Å². The third-order valence-corrected chi connectivity index (χ3v) is 13.1. The first-order valence-electron chi connectivity index (χ1n) is 19.6. The molecule has 13 nitrogen and oxygen atoms in total. The van der Waals surface area contributed by atoms with Gasteiger partial charge in [0.15, 0.2) is 6.35 Å². The van der Waals surface area contributed by atoms with E-state index >= 15 is 0 Å². The summed E-state index contributed by atoms with van der Waals surface area (Å²) in [4.78, 5) is 13.5. The van der Waals surface area contributed by atoms with Gasteiger partial charge in [0, 0.05) is 37.3 Å². The Morgan fingerprint density at radius 2 is 1.57 bits per heavy atom. The number of aliphatic hydroxyl groups excluding tert-OH is 1. The summed E-state index contributed by atoms with van der Waals surface area (Å²) < 4.78 is 72.2. The van der Waals surface area contributed by atoms with Gasteiger partial charge in [0.25, 0.3) is 0 Å². The standard InChI is InChI=1S/C43H56N3O10PS/c1-32(2)27-46(58(50,51)40-16-10-15-37(44)26-40)23-21-38(45-43(48)56-42-30-52-33(3)41(42)22-24-47)25-34-17-19-39(20-18-34)53-31-57(49,54-28-35-11-6-4-7-12-35)55-29-36-13-8-5-9-14-36/h4-20,26,32-33,38,41-42,47H,21-25,27-31,44H2,1-3H3,(H,45,48)/t33-,38+,41+,42-/m0/s1. The molecule has 0 radical (unpaired) electrons. The van der Waals surface area contributed by atoms with Crippen molar-refractivity contribution in [3.63, 3.8) is 0 Å². The van der Waals surface area contributed by atoms with Crippen LogP contribution in [0.2, 0.25) is 0 Å². The molecule has 0 spiro atoms. The zero-order chi connectivity index (χ0) is 41.5. The smallest absolute Gasteiger partial charge is 0.407 e. The number of carbonyl (C=O) groups is 1. The number of carbonyl (C=O) groups excluding carboxylic acids is 1. The molecule has 0 saturated carbocycles. The highest BCUT2D eigenvalue weighted by atomic mass is 32.2. The van der Waals surface area contributed by atoms with Crippen LogP contribution in [0.5, 0.6) is 5.75 Å². The second kappa shape index (κ2) is 21.7. The molecule has 4 N–H and O–H groups in total. The SMILES string of the molecule is CC(C)CN(CC[C@H](Cc1ccc(OCP(=O)(OCc2ccccc2)OCc2ccccc2)cc1)NC(=O)O[C@H]1CO[C@@H](C)[C@H]1CCO)S(=O)(=O)c1cccc(N)c1. The van der Waals surface area contributed by atoms with Gasteiger partial charge in [-0.1, -0.05) is 92.7 Å². The lowest BCUT2D eigenvalue weighted by Crippen LogP contribution is -2.43. The highest BCUT2D eigenvalue weighted by molar-refractivity contribution is 7.89. The van der Waals surface area contributed by atoms with Gasteiger partial charge in [-0.3, -0.25) is 4.57 Å². The van der Waals surface area contributed by atoms with Crippen molar-refractivity contribution in [1.82, 2.24) is 9.62 Å². The fourth-order valence-corrected chi connectivity index (χ4v) is 9.55. The number of amides is 1. The number of alkyl carbamates (subject to hydrolysis) is 1. The summed E-state index contributed by atoms with van der Waals surface area (Å²) in [5.41, 5.74) is 8.79. The van der Waals surface area contributed by atoms with Gasteiger partial charge in [-0.25, -0.2) is 13.2 Å². The summed E-state index contributed by atoms with van der Waals surface area (Å²) >= 11 is 0. The molecule has 58 heavy (non-hydrogen) atoms. The van der Waals surface area contributed by atoms with E-state index in [0.717, 1.165) is 16.7 Å². The van der Waals surface area contributed by atoms with Crippen molar-refractivity contribution in [2.75, 3.05) is 38.4 Å². The van der Waals surface area contributed by atoms with Crippen LogP contribution < -0.4 is 15.8 Å². The lowest BCUT2D eigenvalue weighted by molar-refractivity contribution is 0.0644. The number of nitrogen functional groups attached to an aromatic ring is 1. The molecule has 1 fully saturated rings. The van der Waals surface area contributed by atoms with E-state index in [1.54, 1.807) is 24.3 Å². The number of nitrogens with two attached hydrogens (primary N) is 1. The summed E-state index contributed by atoms with van der Waals surface area (Å²) in [5.74, 6) is 0.297. The molecule has 4 aromatic carbocycles. The number of ether oxygens (including phenoxy) is 3. The molecule has 4 atom stereocenters. The summed E-state index contributed by atoms with van der Waals surface area (Å²) in [7, 11) is -7.64. The van der Waals surface area contributed by atoms with E-state index in [1.165, 1.54) is 16.4 Å². The number of anilines is 1. The Kier molecular flexibility index (Phi) is 16.7.